The van der Waals surface area contributed by atoms with Crippen LogP contribution in [0.4, 0.5) is 5.69 Å². The van der Waals surface area contributed by atoms with E-state index in [1.807, 2.05) is 27.1 Å². The Morgan fingerprint density at radius 2 is 2.44 bits per heavy atom. The molecule has 1 heterocycles. The van der Waals surface area contributed by atoms with E-state index in [-0.39, 0.29) is 11.9 Å². The summed E-state index contributed by atoms with van der Waals surface area (Å²) in [5, 5.41) is 19.1. The maximum absolute atomic E-state index is 8.52. The molecule has 6 nitrogen and oxygen atoms in total. The molecular formula is C10H19N5O. The minimum absolute atomic E-state index is 0.152. The Hall–Kier alpha value is -1.72. The van der Waals surface area contributed by atoms with Crippen molar-refractivity contribution in [3.05, 3.63) is 11.9 Å². The van der Waals surface area contributed by atoms with E-state index in [2.05, 4.69) is 15.6 Å². The van der Waals surface area contributed by atoms with E-state index in [4.69, 9.17) is 10.9 Å². The van der Waals surface area contributed by atoms with Gasteiger partial charge in [0.25, 0.3) is 0 Å². The first-order chi connectivity index (χ1) is 7.56. The quantitative estimate of drug-likeness (QED) is 0.302. The Morgan fingerprint density at radius 3 is 2.88 bits per heavy atom. The van der Waals surface area contributed by atoms with Gasteiger partial charge in [0.05, 0.1) is 11.4 Å². The van der Waals surface area contributed by atoms with Crippen LogP contribution in [0.3, 0.4) is 0 Å². The summed E-state index contributed by atoms with van der Waals surface area (Å²) < 4.78 is 1.76. The van der Waals surface area contributed by atoms with Gasteiger partial charge in [-0.15, -0.1) is 0 Å². The van der Waals surface area contributed by atoms with Crippen LogP contribution in [0, 0.1) is 6.92 Å². The summed E-state index contributed by atoms with van der Waals surface area (Å²) in [6.07, 6.45) is 3.33. The number of rotatable bonds is 5. The lowest BCUT2D eigenvalue weighted by molar-refractivity contribution is 0.316. The maximum atomic E-state index is 8.52. The second-order valence-corrected chi connectivity index (χ2v) is 3.85. The van der Waals surface area contributed by atoms with Crippen molar-refractivity contribution in [1.29, 1.82) is 0 Å². The van der Waals surface area contributed by atoms with Gasteiger partial charge >= 0.3 is 0 Å². The third-order valence-corrected chi connectivity index (χ3v) is 2.45. The van der Waals surface area contributed by atoms with Crippen LogP contribution in [0.5, 0.6) is 0 Å². The van der Waals surface area contributed by atoms with Crippen molar-refractivity contribution in [3.63, 3.8) is 0 Å². The van der Waals surface area contributed by atoms with Crippen molar-refractivity contribution in [3.8, 4) is 0 Å². The number of oxime groups is 1. The number of nitrogens with two attached hydrogens (primary N) is 1. The number of amidine groups is 1. The van der Waals surface area contributed by atoms with E-state index in [9.17, 15) is 0 Å². The summed E-state index contributed by atoms with van der Waals surface area (Å²) in [5.41, 5.74) is 7.42. The molecule has 0 fully saturated rings. The number of anilines is 1. The number of nitrogens with one attached hydrogen (secondary N) is 1. The molecule has 1 aromatic rings. The lowest BCUT2D eigenvalue weighted by Crippen LogP contribution is -2.26. The fourth-order valence-corrected chi connectivity index (χ4v) is 1.55. The number of aryl methyl sites for hydroxylation is 2. The number of hydrogen-bond acceptors (Lipinski definition) is 4. The van der Waals surface area contributed by atoms with Gasteiger partial charge in [-0.3, -0.25) is 4.68 Å². The summed E-state index contributed by atoms with van der Waals surface area (Å²) in [4.78, 5) is 0. The average Bonchev–Trinajstić information content (AvgIpc) is 2.56. The molecule has 1 aromatic heterocycles. The normalized spacial score (nSPS) is 13.8. The highest BCUT2D eigenvalue weighted by Gasteiger charge is 2.11. The van der Waals surface area contributed by atoms with Gasteiger partial charge in [-0.05, 0) is 13.3 Å². The fraction of sp³-hybridized carbons (Fsp3) is 0.600. The molecular weight excluding hydrogens is 206 g/mol. The van der Waals surface area contributed by atoms with Crippen LogP contribution < -0.4 is 11.1 Å². The average molecular weight is 225 g/mol. The molecule has 0 aromatic carbocycles. The summed E-state index contributed by atoms with van der Waals surface area (Å²) in [5.74, 6) is 0.237. The molecule has 0 bridgehead atoms. The van der Waals surface area contributed by atoms with Crippen molar-refractivity contribution in [2.45, 2.75) is 32.7 Å². The molecule has 0 amide bonds. The topological polar surface area (TPSA) is 88.5 Å². The molecule has 16 heavy (non-hydrogen) atoms. The predicted molar refractivity (Wildman–Crippen MR) is 63.7 cm³/mol. The van der Waals surface area contributed by atoms with Gasteiger partial charge in [0.2, 0.25) is 0 Å². The highest BCUT2D eigenvalue weighted by Crippen LogP contribution is 2.15. The third kappa shape index (κ3) is 3.15. The lowest BCUT2D eigenvalue weighted by Gasteiger charge is -2.16. The van der Waals surface area contributed by atoms with E-state index in [1.165, 1.54) is 0 Å². The molecule has 4 N–H and O–H groups in total. The Morgan fingerprint density at radius 1 is 1.75 bits per heavy atom. The van der Waals surface area contributed by atoms with Crippen molar-refractivity contribution < 1.29 is 5.21 Å². The second-order valence-electron chi connectivity index (χ2n) is 3.85. The SMILES string of the molecule is CCC(CC(N)=NO)Nc1cn(C)nc1C. The van der Waals surface area contributed by atoms with Crippen LogP contribution in [0.2, 0.25) is 0 Å². The molecule has 0 radical (unpaired) electrons. The van der Waals surface area contributed by atoms with Crippen LogP contribution >= 0.6 is 0 Å². The van der Waals surface area contributed by atoms with Gasteiger partial charge in [-0.25, -0.2) is 0 Å². The predicted octanol–water partition coefficient (Wildman–Crippen LogP) is 1.06. The van der Waals surface area contributed by atoms with Gasteiger partial charge < -0.3 is 16.3 Å². The standard InChI is InChI=1S/C10H19N5O/c1-4-8(5-10(11)14-16)12-9-6-15(3)13-7(9)2/h6,8,12,16H,4-5H2,1-3H3,(H2,11,14). The molecule has 1 rings (SSSR count). The van der Waals surface area contributed by atoms with Crippen LogP contribution in [0.1, 0.15) is 25.5 Å². The van der Waals surface area contributed by atoms with Crippen LogP contribution in [-0.4, -0.2) is 26.9 Å². The Balaban J connectivity index is 2.66. The molecule has 0 saturated heterocycles. The van der Waals surface area contributed by atoms with Crippen molar-refractivity contribution in [2.75, 3.05) is 5.32 Å². The Bertz CT molecular complexity index is 371. The van der Waals surface area contributed by atoms with Gasteiger partial charge in [-0.1, -0.05) is 12.1 Å². The zero-order chi connectivity index (χ0) is 12.1. The van der Waals surface area contributed by atoms with Gasteiger partial charge in [0, 0.05) is 25.7 Å². The first-order valence-corrected chi connectivity index (χ1v) is 5.30. The van der Waals surface area contributed by atoms with Crippen LogP contribution in [0.25, 0.3) is 0 Å². The number of hydrogen-bond donors (Lipinski definition) is 3. The van der Waals surface area contributed by atoms with Gasteiger partial charge in [0.15, 0.2) is 0 Å². The first kappa shape index (κ1) is 12.4. The van der Waals surface area contributed by atoms with Crippen molar-refractivity contribution in [1.82, 2.24) is 9.78 Å². The van der Waals surface area contributed by atoms with Crippen LogP contribution in [0.15, 0.2) is 11.4 Å². The van der Waals surface area contributed by atoms with E-state index >= 15 is 0 Å². The Labute approximate surface area is 95.1 Å². The maximum Gasteiger partial charge on any atom is 0.141 e. The summed E-state index contributed by atoms with van der Waals surface area (Å²) in [6.45, 7) is 3.99. The summed E-state index contributed by atoms with van der Waals surface area (Å²) >= 11 is 0. The summed E-state index contributed by atoms with van der Waals surface area (Å²) in [6, 6.07) is 0.152. The zero-order valence-corrected chi connectivity index (χ0v) is 9.94. The molecule has 6 heteroatoms. The molecule has 0 aliphatic rings. The second kappa shape index (κ2) is 5.39. The fourth-order valence-electron chi connectivity index (χ4n) is 1.55. The Kier molecular flexibility index (Phi) is 4.16. The minimum atomic E-state index is 0.152. The van der Waals surface area contributed by atoms with Gasteiger partial charge in [-0.2, -0.15) is 5.10 Å². The van der Waals surface area contributed by atoms with Gasteiger partial charge in [0.1, 0.15) is 5.84 Å². The van der Waals surface area contributed by atoms with E-state index < -0.39 is 0 Å². The number of nitrogens with zero attached hydrogens (tertiary/aromatic N) is 3. The highest BCUT2D eigenvalue weighted by atomic mass is 16.4. The van der Waals surface area contributed by atoms with E-state index in [0.29, 0.717) is 6.42 Å². The molecule has 1 atom stereocenters. The monoisotopic (exact) mass is 225 g/mol. The molecule has 90 valence electrons. The van der Waals surface area contributed by atoms with E-state index in [0.717, 1.165) is 17.8 Å². The molecule has 0 spiro atoms. The number of aromatic nitrogens is 2. The molecule has 0 saturated carbocycles. The highest BCUT2D eigenvalue weighted by molar-refractivity contribution is 5.80. The van der Waals surface area contributed by atoms with Crippen molar-refractivity contribution in [2.24, 2.45) is 17.9 Å². The third-order valence-electron chi connectivity index (χ3n) is 2.45. The smallest absolute Gasteiger partial charge is 0.141 e. The van der Waals surface area contributed by atoms with Crippen LogP contribution in [-0.2, 0) is 7.05 Å². The molecule has 0 aliphatic carbocycles. The summed E-state index contributed by atoms with van der Waals surface area (Å²) in [7, 11) is 1.88. The largest absolute Gasteiger partial charge is 0.409 e. The first-order valence-electron chi connectivity index (χ1n) is 5.30. The lowest BCUT2D eigenvalue weighted by atomic mass is 10.1. The van der Waals surface area contributed by atoms with Crippen molar-refractivity contribution >= 4 is 11.5 Å². The van der Waals surface area contributed by atoms with E-state index in [1.54, 1.807) is 4.68 Å². The molecule has 1 unspecified atom stereocenters. The minimum Gasteiger partial charge on any atom is -0.409 e. The molecule has 0 aliphatic heterocycles. The zero-order valence-electron chi connectivity index (χ0n) is 9.94.